The zero-order valence-corrected chi connectivity index (χ0v) is 23.3. The van der Waals surface area contributed by atoms with Crippen LogP contribution in [0.3, 0.4) is 0 Å². The molecule has 1 aliphatic rings. The van der Waals surface area contributed by atoms with Gasteiger partial charge in [0.1, 0.15) is 11.6 Å². The first-order valence-corrected chi connectivity index (χ1v) is 14.5. The highest BCUT2D eigenvalue weighted by atomic mass is 16.6. The minimum Gasteiger partial charge on any atom is -0.441 e. The van der Waals surface area contributed by atoms with Gasteiger partial charge < -0.3 is 21.1 Å². The van der Waals surface area contributed by atoms with Crippen molar-refractivity contribution < 1.29 is 19.1 Å². The molecule has 212 valence electrons. The van der Waals surface area contributed by atoms with Gasteiger partial charge in [-0.3, -0.25) is 9.59 Å². The Kier molecular flexibility index (Phi) is 12.3. The number of rotatable bonds is 16. The summed E-state index contributed by atoms with van der Waals surface area (Å²) in [6.07, 6.45) is 9.98. The van der Waals surface area contributed by atoms with Crippen molar-refractivity contribution >= 4 is 17.9 Å². The molecule has 7 nitrogen and oxygen atoms in total. The smallest absolute Gasteiger partial charge is 0.408 e. The summed E-state index contributed by atoms with van der Waals surface area (Å²) in [6, 6.07) is 19.6. The van der Waals surface area contributed by atoms with Crippen LogP contribution in [-0.4, -0.2) is 30.0 Å². The molecule has 0 spiro atoms. The van der Waals surface area contributed by atoms with Gasteiger partial charge in [-0.05, 0) is 43.7 Å². The maximum Gasteiger partial charge on any atom is 0.408 e. The van der Waals surface area contributed by atoms with E-state index in [0.29, 0.717) is 19.4 Å². The summed E-state index contributed by atoms with van der Waals surface area (Å²) in [5.41, 5.74) is 5.97. The largest absolute Gasteiger partial charge is 0.441 e. The number of benzene rings is 2. The number of ether oxygens (including phenoxy) is 1. The van der Waals surface area contributed by atoms with E-state index in [1.165, 1.54) is 0 Å². The highest BCUT2D eigenvalue weighted by Gasteiger charge is 2.37. The molecule has 2 unspecified atom stereocenters. The van der Waals surface area contributed by atoms with Gasteiger partial charge in [0.25, 0.3) is 0 Å². The number of unbranched alkanes of at least 4 members (excludes halogenated alkanes) is 5. The van der Waals surface area contributed by atoms with E-state index in [1.807, 2.05) is 60.7 Å². The van der Waals surface area contributed by atoms with Gasteiger partial charge in [0.05, 0.1) is 0 Å². The van der Waals surface area contributed by atoms with E-state index in [1.54, 1.807) is 6.92 Å². The molecule has 7 heteroatoms. The minimum absolute atomic E-state index is 0.220. The van der Waals surface area contributed by atoms with E-state index in [2.05, 4.69) is 10.6 Å². The summed E-state index contributed by atoms with van der Waals surface area (Å²) in [5, 5.41) is 5.97. The number of carbonyl (C=O) groups is 3. The lowest BCUT2D eigenvalue weighted by atomic mass is 9.91. The molecule has 4 N–H and O–H groups in total. The monoisotopic (exact) mass is 535 g/mol. The van der Waals surface area contributed by atoms with Crippen molar-refractivity contribution in [3.63, 3.8) is 0 Å². The van der Waals surface area contributed by atoms with E-state index in [-0.39, 0.29) is 23.8 Å². The van der Waals surface area contributed by atoms with Crippen LogP contribution in [0.5, 0.6) is 0 Å². The zero-order valence-electron chi connectivity index (χ0n) is 23.3. The first kappa shape index (κ1) is 30.2. The van der Waals surface area contributed by atoms with E-state index in [4.69, 9.17) is 10.5 Å². The maximum atomic E-state index is 13.4. The molecule has 0 heterocycles. The number of alkyl carbamates (subject to hydrolysis) is 1. The molecule has 0 aromatic heterocycles. The van der Waals surface area contributed by atoms with Crippen molar-refractivity contribution in [1.82, 2.24) is 10.6 Å². The van der Waals surface area contributed by atoms with Crippen molar-refractivity contribution in [2.24, 2.45) is 11.7 Å². The second-order valence-corrected chi connectivity index (χ2v) is 11.0. The molecule has 0 saturated heterocycles. The number of hydrogen-bond acceptors (Lipinski definition) is 4. The van der Waals surface area contributed by atoms with Gasteiger partial charge in [-0.2, -0.15) is 0 Å². The van der Waals surface area contributed by atoms with E-state index >= 15 is 0 Å². The molecule has 1 fully saturated rings. The van der Waals surface area contributed by atoms with Crippen LogP contribution in [0.1, 0.15) is 94.8 Å². The Labute approximate surface area is 233 Å². The van der Waals surface area contributed by atoms with Gasteiger partial charge in [-0.1, -0.05) is 99.2 Å². The quantitative estimate of drug-likeness (QED) is 0.230. The molecule has 0 radical (unpaired) electrons. The predicted molar refractivity (Wildman–Crippen MR) is 154 cm³/mol. The molecule has 0 aliphatic heterocycles. The molecule has 2 atom stereocenters. The highest BCUT2D eigenvalue weighted by Crippen LogP contribution is 2.38. The van der Waals surface area contributed by atoms with Crippen molar-refractivity contribution in [2.75, 3.05) is 6.54 Å². The highest BCUT2D eigenvalue weighted by molar-refractivity contribution is 5.90. The third-order valence-corrected chi connectivity index (χ3v) is 7.61. The maximum absolute atomic E-state index is 13.4. The first-order valence-electron chi connectivity index (χ1n) is 14.5. The molecule has 1 aliphatic carbocycles. The SMILES string of the molecule is CC(Cc1ccccc1)(NC(=O)OC(c1ccccc1)C1CCCC1)C(=O)NCCCCCCCCC(N)=O. The number of hydrogen-bond donors (Lipinski definition) is 3. The van der Waals surface area contributed by atoms with Crippen molar-refractivity contribution in [2.45, 2.75) is 95.6 Å². The zero-order chi connectivity index (χ0) is 27.9. The molecular weight excluding hydrogens is 490 g/mol. The fraction of sp³-hybridized carbons (Fsp3) is 0.531. The topological polar surface area (TPSA) is 111 Å². The molecule has 2 aromatic rings. The number of carbonyl (C=O) groups excluding carboxylic acids is 3. The average Bonchev–Trinajstić information content (AvgIpc) is 3.46. The Bertz CT molecular complexity index is 1020. The fourth-order valence-corrected chi connectivity index (χ4v) is 5.42. The third-order valence-electron chi connectivity index (χ3n) is 7.61. The Hall–Kier alpha value is -3.35. The molecular formula is C32H45N3O4. The van der Waals surface area contributed by atoms with Crippen LogP contribution < -0.4 is 16.4 Å². The summed E-state index contributed by atoms with van der Waals surface area (Å²) >= 11 is 0. The van der Waals surface area contributed by atoms with Gasteiger partial charge in [0.15, 0.2) is 0 Å². The number of amides is 3. The summed E-state index contributed by atoms with van der Waals surface area (Å²) in [4.78, 5) is 37.6. The van der Waals surface area contributed by atoms with Crippen molar-refractivity contribution in [1.29, 1.82) is 0 Å². The van der Waals surface area contributed by atoms with Gasteiger partial charge in [-0.25, -0.2) is 4.79 Å². The van der Waals surface area contributed by atoms with Crippen molar-refractivity contribution in [3.05, 3.63) is 71.8 Å². The molecule has 39 heavy (non-hydrogen) atoms. The molecule has 2 aromatic carbocycles. The Balaban J connectivity index is 1.58. The predicted octanol–water partition coefficient (Wildman–Crippen LogP) is 5.98. The van der Waals surface area contributed by atoms with Crippen LogP contribution in [0, 0.1) is 5.92 Å². The van der Waals surface area contributed by atoms with Gasteiger partial charge in [0, 0.05) is 25.3 Å². The Morgan fingerprint density at radius 1 is 0.897 bits per heavy atom. The van der Waals surface area contributed by atoms with Gasteiger partial charge in [0.2, 0.25) is 11.8 Å². The van der Waals surface area contributed by atoms with Crippen LogP contribution in [0.15, 0.2) is 60.7 Å². The average molecular weight is 536 g/mol. The normalized spacial score (nSPS) is 15.7. The lowest BCUT2D eigenvalue weighted by molar-refractivity contribution is -0.127. The summed E-state index contributed by atoms with van der Waals surface area (Å²) < 4.78 is 6.05. The third kappa shape index (κ3) is 10.4. The van der Waals surface area contributed by atoms with E-state index in [0.717, 1.165) is 75.3 Å². The second kappa shape index (κ2) is 15.9. The summed E-state index contributed by atoms with van der Waals surface area (Å²) in [7, 11) is 0. The molecule has 3 amide bonds. The lowest BCUT2D eigenvalue weighted by Crippen LogP contribution is -2.58. The number of primary amides is 1. The Morgan fingerprint density at radius 3 is 2.13 bits per heavy atom. The van der Waals surface area contributed by atoms with Gasteiger partial charge in [-0.15, -0.1) is 0 Å². The molecule has 0 bridgehead atoms. The van der Waals surface area contributed by atoms with Crippen molar-refractivity contribution in [3.8, 4) is 0 Å². The van der Waals surface area contributed by atoms with Crippen LogP contribution in [0.25, 0.3) is 0 Å². The summed E-state index contributed by atoms with van der Waals surface area (Å²) in [6.45, 7) is 2.30. The lowest BCUT2D eigenvalue weighted by Gasteiger charge is -2.31. The molecule has 3 rings (SSSR count). The Morgan fingerprint density at radius 2 is 1.49 bits per heavy atom. The summed E-state index contributed by atoms with van der Waals surface area (Å²) in [5.74, 6) is -0.187. The first-order chi connectivity index (χ1) is 18.9. The number of nitrogens with two attached hydrogens (primary N) is 1. The standard InChI is InChI=1S/C32H45N3O4/c1-32(24-25-16-8-6-9-17-25,30(37)34-23-15-5-3-2-4-12-22-28(33)36)35-31(38)39-29(27-20-13-14-21-27)26-18-10-7-11-19-26/h6-11,16-19,27,29H,2-5,12-15,20-24H2,1H3,(H2,33,36)(H,34,37)(H,35,38). The molecule has 1 saturated carbocycles. The van der Waals surface area contributed by atoms with Crippen LogP contribution >= 0.6 is 0 Å². The van der Waals surface area contributed by atoms with Crippen LogP contribution in [-0.2, 0) is 20.7 Å². The van der Waals surface area contributed by atoms with E-state index < -0.39 is 11.6 Å². The van der Waals surface area contributed by atoms with E-state index in [9.17, 15) is 14.4 Å². The fourth-order valence-electron chi connectivity index (χ4n) is 5.42. The minimum atomic E-state index is -1.16. The second-order valence-electron chi connectivity index (χ2n) is 11.0. The number of nitrogens with one attached hydrogen (secondary N) is 2. The van der Waals surface area contributed by atoms with Crippen LogP contribution in [0.4, 0.5) is 4.79 Å². The van der Waals surface area contributed by atoms with Gasteiger partial charge >= 0.3 is 6.09 Å². The van der Waals surface area contributed by atoms with Crippen LogP contribution in [0.2, 0.25) is 0 Å².